The van der Waals surface area contributed by atoms with Crippen molar-refractivity contribution < 1.29 is 9.31 Å². The van der Waals surface area contributed by atoms with E-state index >= 15 is 0 Å². The van der Waals surface area contributed by atoms with Crippen LogP contribution in [0.3, 0.4) is 0 Å². The lowest BCUT2D eigenvalue weighted by atomic mass is 10.1. The lowest BCUT2D eigenvalue weighted by Crippen LogP contribution is -2.02. The lowest BCUT2D eigenvalue weighted by Gasteiger charge is -2.09. The summed E-state index contributed by atoms with van der Waals surface area (Å²) >= 11 is 0. The third kappa shape index (κ3) is 3.28. The maximum absolute atomic E-state index is 13.2. The molecular weight excluding hydrogens is 247 g/mol. The normalized spacial score (nSPS) is 10.2. The maximum Gasteiger partial charge on any atom is 0.274 e. The Morgan fingerprint density at radius 2 is 2.00 bits per heavy atom. The number of non-ortho nitro benzene ring substituents is 1. The predicted molar refractivity (Wildman–Crippen MR) is 71.6 cm³/mol. The van der Waals surface area contributed by atoms with Gasteiger partial charge in [-0.15, -0.1) is 0 Å². The fourth-order valence-electron chi connectivity index (χ4n) is 1.79. The van der Waals surface area contributed by atoms with Crippen LogP contribution in [-0.4, -0.2) is 4.92 Å². The van der Waals surface area contributed by atoms with E-state index in [-0.39, 0.29) is 5.69 Å². The smallest absolute Gasteiger partial charge is 0.274 e. The van der Waals surface area contributed by atoms with Gasteiger partial charge in [0.25, 0.3) is 5.69 Å². The van der Waals surface area contributed by atoms with Crippen molar-refractivity contribution >= 4 is 11.4 Å². The minimum Gasteiger partial charge on any atom is -0.381 e. The number of nitro groups is 1. The van der Waals surface area contributed by atoms with E-state index in [0.29, 0.717) is 12.2 Å². The van der Waals surface area contributed by atoms with Crippen LogP contribution in [0.25, 0.3) is 0 Å². The molecule has 0 bridgehead atoms. The Morgan fingerprint density at radius 1 is 1.26 bits per heavy atom. The molecule has 2 aromatic rings. The van der Waals surface area contributed by atoms with Crippen LogP contribution in [0.15, 0.2) is 42.5 Å². The van der Waals surface area contributed by atoms with Crippen LogP contribution in [0, 0.1) is 22.9 Å². The van der Waals surface area contributed by atoms with E-state index in [2.05, 4.69) is 5.32 Å². The summed E-state index contributed by atoms with van der Waals surface area (Å²) in [5.74, 6) is -0.624. The fraction of sp³-hybridized carbons (Fsp3) is 0.143. The molecule has 0 spiro atoms. The molecule has 0 fully saturated rings. The van der Waals surface area contributed by atoms with Crippen molar-refractivity contribution in [2.45, 2.75) is 13.5 Å². The molecule has 5 heteroatoms. The molecule has 0 saturated carbocycles. The third-order valence-corrected chi connectivity index (χ3v) is 2.84. The summed E-state index contributed by atoms with van der Waals surface area (Å²) in [4.78, 5) is 10.0. The minimum atomic E-state index is -0.624. The zero-order valence-electron chi connectivity index (χ0n) is 10.4. The molecule has 0 unspecified atom stereocenters. The number of halogens is 1. The van der Waals surface area contributed by atoms with Crippen molar-refractivity contribution in [3.8, 4) is 0 Å². The third-order valence-electron chi connectivity index (χ3n) is 2.84. The molecule has 0 amide bonds. The zero-order valence-corrected chi connectivity index (χ0v) is 10.4. The Bertz CT molecular complexity index is 614. The molecule has 2 aromatic carbocycles. The SMILES string of the molecule is Cc1ccccc1CNc1cc(F)cc([N+](=O)[O-])c1. The number of nitrogens with zero attached hydrogens (tertiary/aromatic N) is 1. The van der Waals surface area contributed by atoms with Crippen molar-refractivity contribution in [2.24, 2.45) is 0 Å². The molecule has 1 N–H and O–H groups in total. The van der Waals surface area contributed by atoms with E-state index in [4.69, 9.17) is 0 Å². The molecule has 0 aromatic heterocycles. The van der Waals surface area contributed by atoms with E-state index in [1.807, 2.05) is 31.2 Å². The van der Waals surface area contributed by atoms with E-state index in [1.54, 1.807) is 0 Å². The second-order valence-electron chi connectivity index (χ2n) is 4.24. The summed E-state index contributed by atoms with van der Waals surface area (Å²) in [6.45, 7) is 2.47. The summed E-state index contributed by atoms with van der Waals surface area (Å²) in [5.41, 5.74) is 2.32. The average Bonchev–Trinajstić information content (AvgIpc) is 2.37. The van der Waals surface area contributed by atoms with Crippen LogP contribution >= 0.6 is 0 Å². The number of benzene rings is 2. The summed E-state index contributed by atoms with van der Waals surface area (Å²) in [6.07, 6.45) is 0. The molecule has 4 nitrogen and oxygen atoms in total. The van der Waals surface area contributed by atoms with Gasteiger partial charge in [-0.3, -0.25) is 10.1 Å². The lowest BCUT2D eigenvalue weighted by molar-refractivity contribution is -0.385. The van der Waals surface area contributed by atoms with Crippen molar-refractivity contribution in [1.82, 2.24) is 0 Å². The van der Waals surface area contributed by atoms with Crippen LogP contribution < -0.4 is 5.32 Å². The van der Waals surface area contributed by atoms with Crippen molar-refractivity contribution in [3.05, 3.63) is 69.5 Å². The Hall–Kier alpha value is -2.43. The molecule has 98 valence electrons. The average molecular weight is 260 g/mol. The van der Waals surface area contributed by atoms with Gasteiger partial charge >= 0.3 is 0 Å². The molecule has 0 heterocycles. The molecule has 0 radical (unpaired) electrons. The first-order valence-electron chi connectivity index (χ1n) is 5.79. The standard InChI is InChI=1S/C14H13FN2O2/c1-10-4-2-3-5-11(10)9-16-13-6-12(15)7-14(8-13)17(18)19/h2-8,16H,9H2,1H3. The summed E-state index contributed by atoms with van der Waals surface area (Å²) < 4.78 is 13.2. The molecule has 0 aliphatic rings. The molecule has 0 aliphatic heterocycles. The van der Waals surface area contributed by atoms with Crippen LogP contribution in [0.5, 0.6) is 0 Å². The van der Waals surface area contributed by atoms with Crippen LogP contribution in [0.1, 0.15) is 11.1 Å². The first-order valence-corrected chi connectivity index (χ1v) is 5.79. The van der Waals surface area contributed by atoms with Gasteiger partial charge in [0.1, 0.15) is 5.82 Å². The topological polar surface area (TPSA) is 55.2 Å². The number of nitrogens with one attached hydrogen (secondary N) is 1. The largest absolute Gasteiger partial charge is 0.381 e. The number of rotatable bonds is 4. The van der Waals surface area contributed by atoms with Gasteiger partial charge in [0.15, 0.2) is 0 Å². The number of hydrogen-bond donors (Lipinski definition) is 1. The molecule has 2 rings (SSSR count). The molecule has 19 heavy (non-hydrogen) atoms. The minimum absolute atomic E-state index is 0.257. The highest BCUT2D eigenvalue weighted by atomic mass is 19.1. The van der Waals surface area contributed by atoms with Gasteiger partial charge in [-0.2, -0.15) is 0 Å². The highest BCUT2D eigenvalue weighted by Gasteiger charge is 2.09. The molecule has 0 atom stereocenters. The van der Waals surface area contributed by atoms with Gasteiger partial charge in [-0.1, -0.05) is 24.3 Å². The van der Waals surface area contributed by atoms with Crippen LogP contribution in [0.4, 0.5) is 15.8 Å². The quantitative estimate of drug-likeness (QED) is 0.674. The summed E-state index contributed by atoms with van der Waals surface area (Å²) in [5, 5.41) is 13.6. The van der Waals surface area contributed by atoms with Gasteiger partial charge in [-0.25, -0.2) is 4.39 Å². The summed E-state index contributed by atoms with van der Waals surface area (Å²) in [6, 6.07) is 11.2. The van der Waals surface area contributed by atoms with Gasteiger partial charge in [0.05, 0.1) is 11.0 Å². The van der Waals surface area contributed by atoms with E-state index in [1.165, 1.54) is 12.1 Å². The first-order chi connectivity index (χ1) is 9.06. The van der Waals surface area contributed by atoms with Crippen LogP contribution in [0.2, 0.25) is 0 Å². The second kappa shape index (κ2) is 5.48. The monoisotopic (exact) mass is 260 g/mol. The number of anilines is 1. The first kappa shape index (κ1) is 13.0. The molecule has 0 aliphatic carbocycles. The van der Waals surface area contributed by atoms with Crippen LogP contribution in [-0.2, 0) is 6.54 Å². The molecule has 0 saturated heterocycles. The van der Waals surface area contributed by atoms with Gasteiger partial charge < -0.3 is 5.32 Å². The highest BCUT2D eigenvalue weighted by Crippen LogP contribution is 2.21. The van der Waals surface area contributed by atoms with Gasteiger partial charge in [0, 0.05) is 18.3 Å². The number of nitro benzene ring substituents is 1. The van der Waals surface area contributed by atoms with Gasteiger partial charge in [-0.05, 0) is 24.1 Å². The highest BCUT2D eigenvalue weighted by molar-refractivity contribution is 5.52. The number of hydrogen-bond acceptors (Lipinski definition) is 3. The second-order valence-corrected chi connectivity index (χ2v) is 4.24. The Labute approximate surface area is 110 Å². The molecular formula is C14H13FN2O2. The van der Waals surface area contributed by atoms with E-state index in [0.717, 1.165) is 17.2 Å². The maximum atomic E-state index is 13.2. The van der Waals surface area contributed by atoms with Crippen molar-refractivity contribution in [3.63, 3.8) is 0 Å². The Balaban J connectivity index is 2.16. The summed E-state index contributed by atoms with van der Waals surface area (Å²) in [7, 11) is 0. The van der Waals surface area contributed by atoms with Gasteiger partial charge in [0.2, 0.25) is 0 Å². The fourth-order valence-corrected chi connectivity index (χ4v) is 1.79. The Morgan fingerprint density at radius 3 is 2.68 bits per heavy atom. The predicted octanol–water partition coefficient (Wildman–Crippen LogP) is 3.65. The van der Waals surface area contributed by atoms with Crippen molar-refractivity contribution in [1.29, 1.82) is 0 Å². The Kier molecular flexibility index (Phi) is 3.75. The van der Waals surface area contributed by atoms with E-state index in [9.17, 15) is 14.5 Å². The zero-order chi connectivity index (χ0) is 13.8. The van der Waals surface area contributed by atoms with E-state index < -0.39 is 10.7 Å². The number of aryl methyl sites for hydroxylation is 1. The van der Waals surface area contributed by atoms with Crippen molar-refractivity contribution in [2.75, 3.05) is 5.32 Å².